The van der Waals surface area contributed by atoms with Gasteiger partial charge >= 0.3 is 5.97 Å². The highest BCUT2D eigenvalue weighted by Gasteiger charge is 2.19. The number of unbranched alkanes of at least 4 members (excludes halogenated alkanes) is 5. The van der Waals surface area contributed by atoms with Crippen molar-refractivity contribution in [2.24, 2.45) is 0 Å². The molecule has 0 fully saturated rings. The molecule has 1 amide bonds. The van der Waals surface area contributed by atoms with Gasteiger partial charge in [-0.1, -0.05) is 93.0 Å². The minimum absolute atomic E-state index is 0.176. The third-order valence-electron chi connectivity index (χ3n) is 4.97. The van der Waals surface area contributed by atoms with Gasteiger partial charge in [0, 0.05) is 12.8 Å². The number of carbonyl (C=O) groups excluding carboxylic acids is 1. The number of carboxylic acids is 1. The first-order valence-electron chi connectivity index (χ1n) is 11.6. The van der Waals surface area contributed by atoms with Crippen molar-refractivity contribution in [3.8, 4) is 0 Å². The van der Waals surface area contributed by atoms with E-state index in [-0.39, 0.29) is 5.91 Å². The first-order chi connectivity index (χ1) is 15.1. The van der Waals surface area contributed by atoms with Gasteiger partial charge in [0.05, 0.1) is 0 Å². The van der Waals surface area contributed by atoms with Crippen LogP contribution in [0.4, 0.5) is 0 Å². The molecule has 31 heavy (non-hydrogen) atoms. The van der Waals surface area contributed by atoms with Crippen LogP contribution in [0.5, 0.6) is 0 Å². The largest absolute Gasteiger partial charge is 0.480 e. The second-order valence-electron chi connectivity index (χ2n) is 7.75. The maximum atomic E-state index is 12.1. The predicted molar refractivity (Wildman–Crippen MR) is 129 cm³/mol. The van der Waals surface area contributed by atoms with Crippen molar-refractivity contribution in [2.75, 3.05) is 0 Å². The molecule has 0 aliphatic heterocycles. The second-order valence-corrected chi connectivity index (χ2v) is 7.75. The number of benzene rings is 1. The van der Waals surface area contributed by atoms with Crippen molar-refractivity contribution in [2.45, 2.75) is 83.6 Å². The Morgan fingerprint density at radius 2 is 1.48 bits per heavy atom. The molecule has 0 unspecified atom stereocenters. The van der Waals surface area contributed by atoms with Crippen LogP contribution in [-0.4, -0.2) is 23.0 Å². The first kappa shape index (κ1) is 26.4. The van der Waals surface area contributed by atoms with Crippen molar-refractivity contribution in [3.63, 3.8) is 0 Å². The lowest BCUT2D eigenvalue weighted by Gasteiger charge is -2.14. The van der Waals surface area contributed by atoms with Gasteiger partial charge in [0.15, 0.2) is 0 Å². The summed E-state index contributed by atoms with van der Waals surface area (Å²) >= 11 is 0. The van der Waals surface area contributed by atoms with Crippen LogP contribution in [0.25, 0.3) is 0 Å². The maximum Gasteiger partial charge on any atom is 0.326 e. The molecule has 1 atom stereocenters. The number of rotatable bonds is 17. The highest BCUT2D eigenvalue weighted by atomic mass is 16.4. The number of allylic oxidation sites excluding steroid dienone is 6. The van der Waals surface area contributed by atoms with E-state index in [0.29, 0.717) is 12.8 Å². The van der Waals surface area contributed by atoms with E-state index in [1.54, 1.807) is 0 Å². The summed E-state index contributed by atoms with van der Waals surface area (Å²) in [5, 5.41) is 12.0. The van der Waals surface area contributed by atoms with E-state index < -0.39 is 12.0 Å². The third kappa shape index (κ3) is 14.9. The van der Waals surface area contributed by atoms with Gasteiger partial charge in [-0.2, -0.15) is 0 Å². The van der Waals surface area contributed by atoms with E-state index in [1.165, 1.54) is 6.42 Å². The van der Waals surface area contributed by atoms with Crippen LogP contribution in [0.2, 0.25) is 0 Å². The number of carbonyl (C=O) groups is 2. The van der Waals surface area contributed by atoms with Crippen LogP contribution in [0.3, 0.4) is 0 Å². The van der Waals surface area contributed by atoms with Crippen LogP contribution in [0.1, 0.15) is 76.7 Å². The second kappa shape index (κ2) is 18.2. The quantitative estimate of drug-likeness (QED) is 0.224. The molecule has 0 spiro atoms. The molecule has 0 bridgehead atoms. The number of nitrogens with one attached hydrogen (secondary N) is 1. The standard InChI is InChI=1S/C27H39NO3/c1-2-3-4-5-6-7-8-9-10-11-12-13-14-15-19-22-26(29)28-25(27(30)31)23-24-20-17-16-18-21-24/h3-4,6-7,9-10,16-18,20-21,25H,2,5,8,11-15,19,22-23H2,1H3,(H,28,29)(H,30,31)/b4-3-,7-6-,10-9-/t25-/m0/s1. The van der Waals surface area contributed by atoms with Crippen molar-refractivity contribution in [1.82, 2.24) is 5.32 Å². The summed E-state index contributed by atoms with van der Waals surface area (Å²) in [5.41, 5.74) is 0.907. The zero-order valence-electron chi connectivity index (χ0n) is 19.0. The topological polar surface area (TPSA) is 66.4 Å². The SMILES string of the molecule is CC/C=C\C/C=C\C/C=C\CCCCCCCC(=O)N[C@@H](Cc1ccccc1)C(=O)O. The Kier molecular flexibility index (Phi) is 15.5. The molecule has 0 saturated heterocycles. The normalized spacial score (nSPS) is 12.7. The van der Waals surface area contributed by atoms with E-state index >= 15 is 0 Å². The minimum Gasteiger partial charge on any atom is -0.480 e. The minimum atomic E-state index is -0.992. The Balaban J connectivity index is 2.05. The van der Waals surface area contributed by atoms with Crippen LogP contribution in [0, 0.1) is 0 Å². The van der Waals surface area contributed by atoms with Crippen LogP contribution in [-0.2, 0) is 16.0 Å². The lowest BCUT2D eigenvalue weighted by atomic mass is 10.1. The van der Waals surface area contributed by atoms with Gasteiger partial charge in [0.25, 0.3) is 0 Å². The van der Waals surface area contributed by atoms with E-state index in [0.717, 1.165) is 56.9 Å². The molecule has 0 aliphatic carbocycles. The van der Waals surface area contributed by atoms with Gasteiger partial charge in [-0.15, -0.1) is 0 Å². The highest BCUT2D eigenvalue weighted by Crippen LogP contribution is 2.09. The molecule has 170 valence electrons. The smallest absolute Gasteiger partial charge is 0.326 e. The highest BCUT2D eigenvalue weighted by molar-refractivity contribution is 5.83. The zero-order chi connectivity index (χ0) is 22.6. The van der Waals surface area contributed by atoms with E-state index in [2.05, 4.69) is 48.7 Å². The number of hydrogen-bond donors (Lipinski definition) is 2. The number of amides is 1. The van der Waals surface area contributed by atoms with E-state index in [1.807, 2.05) is 30.3 Å². The Hall–Kier alpha value is -2.62. The van der Waals surface area contributed by atoms with Crippen LogP contribution >= 0.6 is 0 Å². The van der Waals surface area contributed by atoms with Crippen LogP contribution in [0.15, 0.2) is 66.8 Å². The maximum absolute atomic E-state index is 12.1. The molecule has 1 rings (SSSR count). The molecule has 0 saturated carbocycles. The molecule has 1 aromatic carbocycles. The predicted octanol–water partition coefficient (Wildman–Crippen LogP) is 6.39. The van der Waals surface area contributed by atoms with Crippen molar-refractivity contribution in [1.29, 1.82) is 0 Å². The Labute approximate surface area is 188 Å². The fourth-order valence-corrected chi connectivity index (χ4v) is 3.22. The van der Waals surface area contributed by atoms with Gasteiger partial charge in [0.2, 0.25) is 5.91 Å². The Morgan fingerprint density at radius 3 is 2.16 bits per heavy atom. The molecular weight excluding hydrogens is 386 g/mol. The summed E-state index contributed by atoms with van der Waals surface area (Å²) in [6, 6.07) is 8.51. The van der Waals surface area contributed by atoms with Gasteiger partial charge in [-0.25, -0.2) is 4.79 Å². The molecule has 0 radical (unpaired) electrons. The van der Waals surface area contributed by atoms with E-state index in [9.17, 15) is 14.7 Å². The molecule has 0 aromatic heterocycles. The number of hydrogen-bond acceptors (Lipinski definition) is 2. The van der Waals surface area contributed by atoms with E-state index in [4.69, 9.17) is 0 Å². The van der Waals surface area contributed by atoms with Gasteiger partial charge in [0.1, 0.15) is 6.04 Å². The third-order valence-corrected chi connectivity index (χ3v) is 4.97. The van der Waals surface area contributed by atoms with Crippen molar-refractivity contribution >= 4 is 11.9 Å². The van der Waals surface area contributed by atoms with Gasteiger partial charge in [-0.05, 0) is 44.1 Å². The summed E-state index contributed by atoms with van der Waals surface area (Å²) in [6.45, 7) is 2.14. The lowest BCUT2D eigenvalue weighted by molar-refractivity contribution is -0.141. The molecule has 0 heterocycles. The molecule has 2 N–H and O–H groups in total. The van der Waals surface area contributed by atoms with Crippen molar-refractivity contribution in [3.05, 3.63) is 72.4 Å². The molecular formula is C27H39NO3. The average molecular weight is 426 g/mol. The molecule has 1 aromatic rings. The summed E-state index contributed by atoms with van der Waals surface area (Å²) in [6.07, 6.45) is 23.4. The molecule has 0 aliphatic rings. The summed E-state index contributed by atoms with van der Waals surface area (Å²) < 4.78 is 0. The molecule has 4 heteroatoms. The van der Waals surface area contributed by atoms with Crippen molar-refractivity contribution < 1.29 is 14.7 Å². The Morgan fingerprint density at radius 1 is 0.871 bits per heavy atom. The average Bonchev–Trinajstić information content (AvgIpc) is 2.76. The van der Waals surface area contributed by atoms with Crippen LogP contribution < -0.4 is 5.32 Å². The summed E-state index contributed by atoms with van der Waals surface area (Å²) in [5.74, 6) is -1.17. The summed E-state index contributed by atoms with van der Waals surface area (Å²) in [4.78, 5) is 23.5. The fourth-order valence-electron chi connectivity index (χ4n) is 3.22. The lowest BCUT2D eigenvalue weighted by Crippen LogP contribution is -2.42. The zero-order valence-corrected chi connectivity index (χ0v) is 19.0. The fraction of sp³-hybridized carbons (Fsp3) is 0.481. The number of carboxylic acid groups (broad SMARTS) is 1. The van der Waals surface area contributed by atoms with Gasteiger partial charge in [-0.3, -0.25) is 4.79 Å². The first-order valence-corrected chi connectivity index (χ1v) is 11.6. The van der Waals surface area contributed by atoms with Gasteiger partial charge < -0.3 is 10.4 Å². The summed E-state index contributed by atoms with van der Waals surface area (Å²) in [7, 11) is 0. The monoisotopic (exact) mass is 425 g/mol. The molecule has 4 nitrogen and oxygen atoms in total. The number of aliphatic carboxylic acids is 1. The Bertz CT molecular complexity index is 692.